The summed E-state index contributed by atoms with van der Waals surface area (Å²) in [4.78, 5) is 22.9. The largest absolute Gasteiger partial charge is 0.478 e. The summed E-state index contributed by atoms with van der Waals surface area (Å²) in [5, 5.41) is 15.9. The second-order valence-corrected chi connectivity index (χ2v) is 5.74. The highest BCUT2D eigenvalue weighted by atomic mass is 16.4. The molecule has 1 heterocycles. The van der Waals surface area contributed by atoms with E-state index < -0.39 is 5.97 Å². The van der Waals surface area contributed by atoms with Gasteiger partial charge in [-0.2, -0.15) is 5.10 Å². The van der Waals surface area contributed by atoms with E-state index in [1.165, 1.54) is 0 Å². The number of carbonyl (C=O) groups is 2. The minimum Gasteiger partial charge on any atom is -0.478 e. The third kappa shape index (κ3) is 4.18. The lowest BCUT2D eigenvalue weighted by Gasteiger charge is -2.04. The highest BCUT2D eigenvalue weighted by Crippen LogP contribution is 2.14. The third-order valence-corrected chi connectivity index (χ3v) is 3.64. The van der Waals surface area contributed by atoms with Crippen molar-refractivity contribution < 1.29 is 14.7 Å². The van der Waals surface area contributed by atoms with Crippen molar-refractivity contribution >= 4 is 11.9 Å². The first kappa shape index (κ1) is 16.7. The summed E-state index contributed by atoms with van der Waals surface area (Å²) >= 11 is 0. The quantitative estimate of drug-likeness (QED) is 0.856. The molecule has 23 heavy (non-hydrogen) atoms. The maximum atomic E-state index is 12.1. The van der Waals surface area contributed by atoms with Gasteiger partial charge in [0.15, 0.2) is 0 Å². The van der Waals surface area contributed by atoms with Crippen LogP contribution >= 0.6 is 0 Å². The number of aromatic carboxylic acids is 1. The fraction of sp³-hybridized carbons (Fsp3) is 0.353. The molecule has 0 saturated heterocycles. The van der Waals surface area contributed by atoms with Crippen LogP contribution in [0.3, 0.4) is 0 Å². The summed E-state index contributed by atoms with van der Waals surface area (Å²) in [7, 11) is 1.83. The SMILES string of the molecule is CC(C)c1cc(C(=O)NCCc2ccc(C(=O)O)cc2)nn1C. The second-order valence-electron chi connectivity index (χ2n) is 5.74. The average Bonchev–Trinajstić information content (AvgIpc) is 2.90. The molecule has 0 aliphatic heterocycles. The van der Waals surface area contributed by atoms with Crippen molar-refractivity contribution in [3.63, 3.8) is 0 Å². The topological polar surface area (TPSA) is 84.2 Å². The Kier molecular flexibility index (Phi) is 5.16. The van der Waals surface area contributed by atoms with Crippen molar-refractivity contribution in [2.24, 2.45) is 7.05 Å². The molecule has 1 aromatic heterocycles. The lowest BCUT2D eigenvalue weighted by Crippen LogP contribution is -2.26. The van der Waals surface area contributed by atoms with Crippen molar-refractivity contribution in [2.75, 3.05) is 6.54 Å². The molecule has 0 aliphatic rings. The number of carbonyl (C=O) groups excluding carboxylic acids is 1. The van der Waals surface area contributed by atoms with Gasteiger partial charge < -0.3 is 10.4 Å². The molecule has 0 unspecified atom stereocenters. The molecule has 1 aromatic carbocycles. The highest BCUT2D eigenvalue weighted by Gasteiger charge is 2.14. The molecule has 6 heteroatoms. The predicted molar refractivity (Wildman–Crippen MR) is 86.7 cm³/mol. The van der Waals surface area contributed by atoms with E-state index >= 15 is 0 Å². The molecule has 2 aromatic rings. The summed E-state index contributed by atoms with van der Waals surface area (Å²) < 4.78 is 1.73. The Hall–Kier alpha value is -2.63. The lowest BCUT2D eigenvalue weighted by molar-refractivity contribution is 0.0696. The van der Waals surface area contributed by atoms with Gasteiger partial charge in [-0.25, -0.2) is 4.79 Å². The van der Waals surface area contributed by atoms with E-state index in [4.69, 9.17) is 5.11 Å². The number of benzene rings is 1. The van der Waals surface area contributed by atoms with Gasteiger partial charge in [-0.1, -0.05) is 26.0 Å². The molecule has 1 amide bonds. The van der Waals surface area contributed by atoms with E-state index in [0.717, 1.165) is 11.3 Å². The number of nitrogens with zero attached hydrogens (tertiary/aromatic N) is 2. The van der Waals surface area contributed by atoms with Crippen LogP contribution in [0.1, 0.15) is 51.9 Å². The van der Waals surface area contributed by atoms with Crippen molar-refractivity contribution in [3.05, 3.63) is 52.8 Å². The normalized spacial score (nSPS) is 10.8. The summed E-state index contributed by atoms with van der Waals surface area (Å²) in [6, 6.07) is 8.45. The third-order valence-electron chi connectivity index (χ3n) is 3.64. The van der Waals surface area contributed by atoms with Crippen LogP contribution < -0.4 is 5.32 Å². The fourth-order valence-corrected chi connectivity index (χ4v) is 2.36. The van der Waals surface area contributed by atoms with Crippen molar-refractivity contribution in [2.45, 2.75) is 26.2 Å². The summed E-state index contributed by atoms with van der Waals surface area (Å²) in [6.45, 7) is 4.58. The van der Waals surface area contributed by atoms with Crippen LogP contribution in [0.15, 0.2) is 30.3 Å². The number of nitrogens with one attached hydrogen (secondary N) is 1. The maximum Gasteiger partial charge on any atom is 0.335 e. The molecule has 122 valence electrons. The average molecular weight is 315 g/mol. The standard InChI is InChI=1S/C17H21N3O3/c1-11(2)15-10-14(19-20(15)3)16(21)18-9-8-12-4-6-13(7-5-12)17(22)23/h4-7,10-11H,8-9H2,1-3H3,(H,18,21)(H,22,23). The molecule has 2 N–H and O–H groups in total. The molecular formula is C17H21N3O3. The molecule has 0 radical (unpaired) electrons. The monoisotopic (exact) mass is 315 g/mol. The fourth-order valence-electron chi connectivity index (χ4n) is 2.36. The Bertz CT molecular complexity index is 702. The number of hydrogen-bond donors (Lipinski definition) is 2. The van der Waals surface area contributed by atoms with Crippen LogP contribution in [0, 0.1) is 0 Å². The first-order chi connectivity index (χ1) is 10.9. The Balaban J connectivity index is 1.89. The zero-order valence-corrected chi connectivity index (χ0v) is 13.5. The van der Waals surface area contributed by atoms with Crippen LogP contribution in [0.4, 0.5) is 0 Å². The van der Waals surface area contributed by atoms with E-state index in [-0.39, 0.29) is 11.5 Å². The van der Waals surface area contributed by atoms with E-state index in [1.807, 2.05) is 13.1 Å². The van der Waals surface area contributed by atoms with Gasteiger partial charge in [0, 0.05) is 19.3 Å². The zero-order valence-electron chi connectivity index (χ0n) is 13.5. The Morgan fingerprint density at radius 2 is 1.91 bits per heavy atom. The molecule has 0 bridgehead atoms. The Morgan fingerprint density at radius 3 is 2.43 bits per heavy atom. The molecule has 0 spiro atoms. The number of aryl methyl sites for hydroxylation is 1. The summed E-state index contributed by atoms with van der Waals surface area (Å²) in [6.07, 6.45) is 0.634. The number of rotatable bonds is 6. The van der Waals surface area contributed by atoms with Gasteiger partial charge in [-0.3, -0.25) is 9.48 Å². The number of hydrogen-bond acceptors (Lipinski definition) is 3. The summed E-state index contributed by atoms with van der Waals surface area (Å²) in [5.41, 5.74) is 2.66. The van der Waals surface area contributed by atoms with Gasteiger partial charge in [-0.15, -0.1) is 0 Å². The highest BCUT2D eigenvalue weighted by molar-refractivity contribution is 5.92. The minimum absolute atomic E-state index is 0.199. The first-order valence-electron chi connectivity index (χ1n) is 7.53. The first-order valence-corrected chi connectivity index (χ1v) is 7.53. The van der Waals surface area contributed by atoms with E-state index in [9.17, 15) is 9.59 Å². The predicted octanol–water partition coefficient (Wildman–Crippen LogP) is 2.21. The molecule has 0 aliphatic carbocycles. The van der Waals surface area contributed by atoms with Crippen molar-refractivity contribution in [1.82, 2.24) is 15.1 Å². The van der Waals surface area contributed by atoms with Crippen molar-refractivity contribution in [3.8, 4) is 0 Å². The smallest absolute Gasteiger partial charge is 0.335 e. The minimum atomic E-state index is -0.944. The van der Waals surface area contributed by atoms with Gasteiger partial charge in [0.2, 0.25) is 0 Å². The number of carboxylic acids is 1. The number of carboxylic acid groups (broad SMARTS) is 1. The van der Waals surface area contributed by atoms with E-state index in [1.54, 1.807) is 28.9 Å². The van der Waals surface area contributed by atoms with Gasteiger partial charge >= 0.3 is 5.97 Å². The van der Waals surface area contributed by atoms with E-state index in [0.29, 0.717) is 24.6 Å². The second kappa shape index (κ2) is 7.09. The summed E-state index contributed by atoms with van der Waals surface area (Å²) in [5.74, 6) is -0.836. The zero-order chi connectivity index (χ0) is 17.0. The van der Waals surface area contributed by atoms with Crippen LogP contribution in [-0.4, -0.2) is 33.3 Å². The molecule has 6 nitrogen and oxygen atoms in total. The van der Waals surface area contributed by atoms with Crippen LogP contribution in [0.2, 0.25) is 0 Å². The Labute approximate surface area is 135 Å². The van der Waals surface area contributed by atoms with E-state index in [2.05, 4.69) is 24.3 Å². The number of aromatic nitrogens is 2. The number of amides is 1. The molecule has 0 atom stereocenters. The molecular weight excluding hydrogens is 294 g/mol. The lowest BCUT2D eigenvalue weighted by atomic mass is 10.1. The van der Waals surface area contributed by atoms with Crippen LogP contribution in [-0.2, 0) is 13.5 Å². The van der Waals surface area contributed by atoms with Gasteiger partial charge in [0.05, 0.1) is 5.56 Å². The van der Waals surface area contributed by atoms with Crippen molar-refractivity contribution in [1.29, 1.82) is 0 Å². The van der Waals surface area contributed by atoms with Gasteiger partial charge in [-0.05, 0) is 36.1 Å². The van der Waals surface area contributed by atoms with Gasteiger partial charge in [0.25, 0.3) is 5.91 Å². The molecule has 2 rings (SSSR count). The molecule has 0 fully saturated rings. The van der Waals surface area contributed by atoms with Gasteiger partial charge in [0.1, 0.15) is 5.69 Å². The Morgan fingerprint density at radius 1 is 1.26 bits per heavy atom. The molecule has 0 saturated carbocycles. The van der Waals surface area contributed by atoms with Crippen LogP contribution in [0.25, 0.3) is 0 Å². The maximum absolute atomic E-state index is 12.1. The van der Waals surface area contributed by atoms with Crippen LogP contribution in [0.5, 0.6) is 0 Å².